The van der Waals surface area contributed by atoms with Gasteiger partial charge in [-0.2, -0.15) is 0 Å². The van der Waals surface area contributed by atoms with E-state index in [2.05, 4.69) is 44.3 Å². The number of aromatic hydroxyl groups is 2. The minimum Gasteiger partial charge on any atom is -0.504 e. The van der Waals surface area contributed by atoms with Gasteiger partial charge in [0, 0.05) is 28.3 Å². The fourth-order valence-corrected chi connectivity index (χ4v) is 8.42. The van der Waals surface area contributed by atoms with E-state index in [9.17, 15) is 39.6 Å². The van der Waals surface area contributed by atoms with Crippen LogP contribution in [0.2, 0.25) is 0 Å². The number of hydrogen-bond acceptors (Lipinski definition) is 12. The number of carboxylic acid groups (broad SMARTS) is 2. The van der Waals surface area contributed by atoms with Crippen molar-refractivity contribution in [3.05, 3.63) is 100.0 Å². The average molecular weight is 802 g/mol. The van der Waals surface area contributed by atoms with Crippen molar-refractivity contribution in [2.75, 3.05) is 11.5 Å². The molecule has 1 unspecified atom stereocenters. The summed E-state index contributed by atoms with van der Waals surface area (Å²) in [4.78, 5) is 61.3. The largest absolute Gasteiger partial charge is 0.504 e. The lowest BCUT2D eigenvalue weighted by molar-refractivity contribution is -0.688. The van der Waals surface area contributed by atoms with Gasteiger partial charge in [0.2, 0.25) is 5.60 Å². The first-order valence-corrected chi connectivity index (χ1v) is 19.5. The number of aliphatic carboxylic acids is 2. The van der Waals surface area contributed by atoms with Crippen LogP contribution in [0.4, 0.5) is 5.13 Å². The Kier molecular flexibility index (Phi) is 11.4. The Morgan fingerprint density at radius 2 is 1.80 bits per heavy atom. The number of oxime groups is 1. The van der Waals surface area contributed by atoms with Gasteiger partial charge >= 0.3 is 11.9 Å². The van der Waals surface area contributed by atoms with Crippen molar-refractivity contribution in [2.24, 2.45) is 11.1 Å². The van der Waals surface area contributed by atoms with Crippen LogP contribution in [0.15, 0.2) is 82.7 Å². The van der Waals surface area contributed by atoms with E-state index in [1.165, 1.54) is 48.0 Å². The molecule has 6 rings (SSSR count). The predicted molar refractivity (Wildman–Crippen MR) is 209 cm³/mol. The van der Waals surface area contributed by atoms with Crippen molar-refractivity contribution >= 4 is 57.7 Å². The number of pyridine rings is 1. The van der Waals surface area contributed by atoms with Crippen molar-refractivity contribution in [2.45, 2.75) is 64.1 Å². The first kappa shape index (κ1) is 39.7. The highest BCUT2D eigenvalue weighted by Crippen LogP contribution is 2.42. The quantitative estimate of drug-likeness (QED) is 0.0349. The van der Waals surface area contributed by atoms with E-state index in [4.69, 9.17) is 10.6 Å². The third kappa shape index (κ3) is 8.48. The Hall–Kier alpha value is -5.94. The topological polar surface area (TPSA) is 229 Å². The second kappa shape index (κ2) is 16.0. The third-order valence-corrected chi connectivity index (χ3v) is 11.5. The molecule has 2 amide bonds. The number of nitrogen functional groups attached to an aromatic ring is 1. The number of carbonyl (C=O) groups is 4. The molecule has 2 aromatic heterocycles. The van der Waals surface area contributed by atoms with Crippen molar-refractivity contribution in [1.82, 2.24) is 15.2 Å². The van der Waals surface area contributed by atoms with Crippen molar-refractivity contribution < 1.29 is 49.0 Å². The van der Waals surface area contributed by atoms with Gasteiger partial charge < -0.3 is 36.3 Å². The lowest BCUT2D eigenvalue weighted by atomic mass is 9.92. The first-order valence-electron chi connectivity index (χ1n) is 17.5. The second-order valence-corrected chi connectivity index (χ2v) is 16.3. The highest BCUT2D eigenvalue weighted by atomic mass is 32.2. The van der Waals surface area contributed by atoms with E-state index in [1.54, 1.807) is 6.07 Å². The number of benzene rings is 2. The number of β-lactam (4-membered cyclic amide) rings is 1. The van der Waals surface area contributed by atoms with Crippen LogP contribution in [0.3, 0.4) is 0 Å². The molecule has 2 aliphatic rings. The number of anilines is 1. The van der Waals surface area contributed by atoms with E-state index < -0.39 is 40.8 Å². The number of nitrogens with one attached hydrogen (secondary N) is 1. The SMILES string of the molecule is Cc1c[n+](Cc2ccc(CC(C)CC3=C(C(=O)O)N4C(=O)[C@@H](NC(=O)/C(=N\OC(C)(C)C(=O)O)c5csc(N)n5)[C@H]4SC3)cc2)ccc1-c1ccc(O)c(O)c1. The van der Waals surface area contributed by atoms with Crippen LogP contribution in [-0.4, -0.2) is 82.5 Å². The molecule has 15 nitrogen and oxygen atoms in total. The van der Waals surface area contributed by atoms with Gasteiger partial charge in [0.1, 0.15) is 22.8 Å². The average Bonchev–Trinajstić information content (AvgIpc) is 3.57. The number of nitrogens with two attached hydrogens (primary N) is 1. The maximum absolute atomic E-state index is 13.4. The lowest BCUT2D eigenvalue weighted by Crippen LogP contribution is -2.71. The van der Waals surface area contributed by atoms with E-state index >= 15 is 0 Å². The molecule has 0 spiro atoms. The number of carboxylic acids is 2. The second-order valence-electron chi connectivity index (χ2n) is 14.3. The number of thiazole rings is 1. The number of nitrogens with zero attached hydrogens (tertiary/aromatic N) is 4. The van der Waals surface area contributed by atoms with E-state index in [1.807, 2.05) is 32.3 Å². The van der Waals surface area contributed by atoms with Gasteiger partial charge in [-0.05, 0) is 73.9 Å². The maximum Gasteiger partial charge on any atom is 0.352 e. The zero-order valence-corrected chi connectivity index (χ0v) is 32.6. The van der Waals surface area contributed by atoms with Gasteiger partial charge in [0.15, 0.2) is 41.3 Å². The predicted octanol–water partition coefficient (Wildman–Crippen LogP) is 4.04. The molecule has 2 aliphatic heterocycles. The third-order valence-electron chi connectivity index (χ3n) is 9.47. The molecular formula is C39H41N6O9S2+. The molecule has 4 heterocycles. The van der Waals surface area contributed by atoms with Gasteiger partial charge in [-0.3, -0.25) is 14.5 Å². The van der Waals surface area contributed by atoms with E-state index in [0.717, 1.165) is 39.2 Å². The van der Waals surface area contributed by atoms with Gasteiger partial charge in [0.05, 0.1) is 0 Å². The molecule has 292 valence electrons. The summed E-state index contributed by atoms with van der Waals surface area (Å²) in [5.41, 5.74) is 9.09. The molecule has 2 aromatic carbocycles. The normalized spacial score (nSPS) is 17.5. The molecule has 0 bridgehead atoms. The summed E-state index contributed by atoms with van der Waals surface area (Å²) in [5.74, 6) is -3.95. The van der Waals surface area contributed by atoms with Crippen LogP contribution in [0, 0.1) is 12.8 Å². The molecule has 1 fully saturated rings. The summed E-state index contributed by atoms with van der Waals surface area (Å²) in [6.45, 7) is 7.17. The molecule has 0 saturated carbocycles. The zero-order chi connectivity index (χ0) is 40.5. The number of hydrogen-bond donors (Lipinski definition) is 6. The lowest BCUT2D eigenvalue weighted by Gasteiger charge is -2.49. The number of fused-ring (bicyclic) bond motifs is 1. The number of amides is 2. The fourth-order valence-electron chi connectivity index (χ4n) is 6.51. The Labute approximate surface area is 330 Å². The van der Waals surface area contributed by atoms with Gasteiger partial charge in [-0.15, -0.1) is 23.1 Å². The maximum atomic E-state index is 13.4. The Morgan fingerprint density at radius 1 is 1.09 bits per heavy atom. The number of phenolic OH excluding ortho intramolecular Hbond substituents is 2. The van der Waals surface area contributed by atoms with Crippen LogP contribution in [0.1, 0.15) is 49.6 Å². The Morgan fingerprint density at radius 3 is 2.43 bits per heavy atom. The smallest absolute Gasteiger partial charge is 0.352 e. The van der Waals surface area contributed by atoms with Crippen LogP contribution in [0.25, 0.3) is 11.1 Å². The molecular weight excluding hydrogens is 761 g/mol. The monoisotopic (exact) mass is 801 g/mol. The summed E-state index contributed by atoms with van der Waals surface area (Å²) in [7, 11) is 0. The molecule has 7 N–H and O–H groups in total. The Balaban J connectivity index is 1.08. The van der Waals surface area contributed by atoms with Crippen LogP contribution in [0.5, 0.6) is 11.5 Å². The van der Waals surface area contributed by atoms with E-state index in [-0.39, 0.29) is 39.7 Å². The molecule has 3 atom stereocenters. The summed E-state index contributed by atoms with van der Waals surface area (Å²) in [5, 5.41) is 46.5. The van der Waals surface area contributed by atoms with Crippen LogP contribution < -0.4 is 15.6 Å². The summed E-state index contributed by atoms with van der Waals surface area (Å²) in [6.07, 6.45) is 5.12. The first-order chi connectivity index (χ1) is 26.5. The van der Waals surface area contributed by atoms with Crippen molar-refractivity contribution in [1.29, 1.82) is 0 Å². The standard InChI is InChI=1S/C39H40N6O9S2/c1-20(13-22-5-7-23(8-6-22)17-44-12-11-26(21(2)16-44)24-9-10-28(46)29(47)15-24)14-25-18-55-35-31(34(49)45(35)32(25)36(50)51)42-33(48)30(27-19-56-38(40)41-27)43-54-39(3,4)37(52)53/h5-12,15-16,19-20,31,35H,13-14,17-18H2,1-4H3,(H6,40,41,42,47,48,50,51,52,53)/p+1/b43-30-/t20?,31-,35-/m1/s1. The highest BCUT2D eigenvalue weighted by Gasteiger charge is 2.54. The number of rotatable bonds is 14. The molecule has 56 heavy (non-hydrogen) atoms. The van der Waals surface area contributed by atoms with Crippen LogP contribution in [-0.2, 0) is 37.0 Å². The highest BCUT2D eigenvalue weighted by molar-refractivity contribution is 8.00. The molecule has 0 aliphatic carbocycles. The van der Waals surface area contributed by atoms with Gasteiger partial charge in [-0.1, -0.05) is 42.4 Å². The van der Waals surface area contributed by atoms with Gasteiger partial charge in [-0.25, -0.2) is 19.1 Å². The minimum absolute atomic E-state index is 0.0257. The van der Waals surface area contributed by atoms with Crippen molar-refractivity contribution in [3.63, 3.8) is 0 Å². The summed E-state index contributed by atoms with van der Waals surface area (Å²) < 4.78 is 2.07. The van der Waals surface area contributed by atoms with Crippen LogP contribution >= 0.6 is 23.1 Å². The molecule has 17 heteroatoms. The molecule has 4 aromatic rings. The summed E-state index contributed by atoms with van der Waals surface area (Å²) >= 11 is 2.37. The van der Waals surface area contributed by atoms with Gasteiger partial charge in [0.25, 0.3) is 11.8 Å². The summed E-state index contributed by atoms with van der Waals surface area (Å²) in [6, 6.07) is 13.9. The minimum atomic E-state index is -1.77. The number of aromatic nitrogens is 2. The number of thioether (sulfide) groups is 1. The number of aryl methyl sites for hydroxylation is 1. The molecule has 0 radical (unpaired) electrons. The fraction of sp³-hybridized carbons (Fsp3) is 0.308. The number of phenols is 2. The van der Waals surface area contributed by atoms with E-state index in [0.29, 0.717) is 30.7 Å². The number of carbonyl (C=O) groups excluding carboxylic acids is 2. The molecule has 1 saturated heterocycles. The van der Waals surface area contributed by atoms with Crippen molar-refractivity contribution in [3.8, 4) is 22.6 Å². The Bertz CT molecular complexity index is 2270. The zero-order valence-electron chi connectivity index (χ0n) is 30.9.